The van der Waals surface area contributed by atoms with E-state index in [0.717, 1.165) is 18.9 Å². The van der Waals surface area contributed by atoms with E-state index in [0.29, 0.717) is 31.4 Å². The van der Waals surface area contributed by atoms with Crippen LogP contribution in [-0.4, -0.2) is 55.3 Å². The quantitative estimate of drug-likeness (QED) is 0.716. The molecule has 0 aromatic carbocycles. The lowest BCUT2D eigenvalue weighted by Gasteiger charge is -2.24. The maximum absolute atomic E-state index is 9.93. The van der Waals surface area contributed by atoms with Crippen molar-refractivity contribution in [2.75, 3.05) is 33.4 Å². The largest absolute Gasteiger partial charge is 0.378 e. The van der Waals surface area contributed by atoms with Gasteiger partial charge < -0.3 is 9.84 Å². The first-order chi connectivity index (χ1) is 8.00. The number of nitrogens with zero attached hydrogens (tertiary/aromatic N) is 2. The monoisotopic (exact) mass is 242 g/mol. The lowest BCUT2D eigenvalue weighted by Crippen LogP contribution is -2.34. The summed E-state index contributed by atoms with van der Waals surface area (Å²) >= 11 is 0. The molecule has 0 aromatic rings. The topological polar surface area (TPSA) is 45.1 Å². The van der Waals surface area contributed by atoms with Crippen molar-refractivity contribution in [3.63, 3.8) is 0 Å². The molecular formula is C13H26N2O2. The maximum atomic E-state index is 9.93. The zero-order valence-corrected chi connectivity index (χ0v) is 11.5. The first-order valence-electron chi connectivity index (χ1n) is 6.50. The van der Waals surface area contributed by atoms with Crippen LogP contribution in [0.2, 0.25) is 0 Å². The highest BCUT2D eigenvalue weighted by Gasteiger charge is 2.18. The summed E-state index contributed by atoms with van der Waals surface area (Å²) < 4.78 is 5.32. The van der Waals surface area contributed by atoms with Crippen molar-refractivity contribution < 1.29 is 9.84 Å². The molecule has 17 heavy (non-hydrogen) atoms. The highest BCUT2D eigenvalue weighted by molar-refractivity contribution is 5.89. The minimum Gasteiger partial charge on any atom is -0.378 e. The van der Waals surface area contributed by atoms with Crippen LogP contribution in [0.1, 0.15) is 27.2 Å². The molecule has 1 N–H and O–H groups in total. The second-order valence-corrected chi connectivity index (χ2v) is 5.39. The molecule has 1 rings (SSSR count). The molecule has 0 bridgehead atoms. The summed E-state index contributed by atoms with van der Waals surface area (Å²) in [6, 6.07) is 0. The molecule has 1 heterocycles. The van der Waals surface area contributed by atoms with E-state index in [1.807, 2.05) is 11.9 Å². The highest BCUT2D eigenvalue weighted by Crippen LogP contribution is 2.10. The van der Waals surface area contributed by atoms with Crippen LogP contribution in [0, 0.1) is 11.8 Å². The Morgan fingerprint density at radius 2 is 2.24 bits per heavy atom. The molecule has 100 valence electrons. The van der Waals surface area contributed by atoms with E-state index in [2.05, 4.69) is 25.8 Å². The molecule has 0 amide bonds. The third-order valence-corrected chi connectivity index (χ3v) is 3.05. The number of hydrogen-bond donors (Lipinski definition) is 1. The van der Waals surface area contributed by atoms with Crippen molar-refractivity contribution in [3.8, 4) is 0 Å². The van der Waals surface area contributed by atoms with Gasteiger partial charge in [0, 0.05) is 31.1 Å². The van der Waals surface area contributed by atoms with Gasteiger partial charge in [-0.05, 0) is 13.0 Å². The number of ether oxygens (including phenoxy) is 1. The Balaban J connectivity index is 2.25. The van der Waals surface area contributed by atoms with Crippen LogP contribution in [-0.2, 0) is 4.74 Å². The second-order valence-electron chi connectivity index (χ2n) is 5.39. The van der Waals surface area contributed by atoms with Crippen LogP contribution >= 0.6 is 0 Å². The second kappa shape index (κ2) is 7.09. The van der Waals surface area contributed by atoms with E-state index in [1.165, 1.54) is 0 Å². The summed E-state index contributed by atoms with van der Waals surface area (Å²) in [5, 5.41) is 9.93. The first-order valence-corrected chi connectivity index (χ1v) is 6.50. The minimum absolute atomic E-state index is 0.389. The Labute approximate surface area is 105 Å². The molecule has 4 heteroatoms. The minimum atomic E-state index is -0.389. The predicted molar refractivity (Wildman–Crippen MR) is 70.4 cm³/mol. The Morgan fingerprint density at radius 1 is 1.53 bits per heavy atom. The molecule has 0 saturated carbocycles. The molecule has 4 nitrogen and oxygen atoms in total. The van der Waals surface area contributed by atoms with Crippen LogP contribution < -0.4 is 0 Å². The molecule has 1 aliphatic rings. The van der Waals surface area contributed by atoms with Crippen molar-refractivity contribution in [3.05, 3.63) is 0 Å². The Bertz CT molecular complexity index is 254. The van der Waals surface area contributed by atoms with Crippen LogP contribution in [0.5, 0.6) is 0 Å². The van der Waals surface area contributed by atoms with Crippen LogP contribution in [0.25, 0.3) is 0 Å². The summed E-state index contributed by atoms with van der Waals surface area (Å²) in [6.07, 6.45) is 0.304. The molecule has 1 aliphatic heterocycles. The van der Waals surface area contributed by atoms with E-state index in [4.69, 9.17) is 4.74 Å². The average molecular weight is 242 g/mol. The van der Waals surface area contributed by atoms with Gasteiger partial charge in [-0.1, -0.05) is 20.8 Å². The summed E-state index contributed by atoms with van der Waals surface area (Å²) in [4.78, 5) is 6.50. The maximum Gasteiger partial charge on any atom is 0.108 e. The van der Waals surface area contributed by atoms with Gasteiger partial charge in [-0.15, -0.1) is 0 Å². The Morgan fingerprint density at radius 3 is 2.76 bits per heavy atom. The molecule has 1 fully saturated rings. The van der Waals surface area contributed by atoms with E-state index in [1.54, 1.807) is 0 Å². The van der Waals surface area contributed by atoms with Gasteiger partial charge in [0.25, 0.3) is 0 Å². The molecule has 2 unspecified atom stereocenters. The Hall–Kier alpha value is -0.450. The van der Waals surface area contributed by atoms with Gasteiger partial charge in [-0.3, -0.25) is 9.89 Å². The van der Waals surface area contributed by atoms with Gasteiger partial charge in [0.1, 0.15) is 6.23 Å². The fraction of sp³-hybridized carbons (Fsp3) is 0.923. The standard InChI is InChI=1S/C13H26N2O2/c1-10(2)7-15(4)13(16)5-6-14-12-9-17-8-11(12)3/h10-11,13,16H,5-9H2,1-4H3. The molecule has 1 saturated heterocycles. The van der Waals surface area contributed by atoms with E-state index >= 15 is 0 Å². The fourth-order valence-electron chi connectivity index (χ4n) is 2.02. The summed E-state index contributed by atoms with van der Waals surface area (Å²) in [7, 11) is 1.96. The van der Waals surface area contributed by atoms with Gasteiger partial charge in [-0.25, -0.2) is 0 Å². The number of rotatable bonds is 6. The van der Waals surface area contributed by atoms with E-state index in [9.17, 15) is 5.11 Å². The normalized spacial score (nSPS) is 25.1. The third kappa shape index (κ3) is 5.15. The zero-order valence-electron chi connectivity index (χ0n) is 11.5. The fourth-order valence-corrected chi connectivity index (χ4v) is 2.02. The smallest absolute Gasteiger partial charge is 0.108 e. The summed E-state index contributed by atoms with van der Waals surface area (Å²) in [5.74, 6) is 1.02. The number of aliphatic hydroxyl groups is 1. The lowest BCUT2D eigenvalue weighted by molar-refractivity contribution is 0.0111. The van der Waals surface area contributed by atoms with Gasteiger partial charge in [0.05, 0.1) is 13.2 Å². The van der Waals surface area contributed by atoms with Gasteiger partial charge in [0.15, 0.2) is 0 Å². The summed E-state index contributed by atoms with van der Waals surface area (Å²) in [5.41, 5.74) is 1.14. The molecule has 0 aromatic heterocycles. The SMILES string of the molecule is CC(C)CN(C)C(O)CCN=C1COCC1C. The number of aliphatic hydroxyl groups excluding tert-OH is 1. The molecule has 2 atom stereocenters. The molecule has 0 spiro atoms. The summed E-state index contributed by atoms with van der Waals surface area (Å²) in [6.45, 7) is 9.49. The van der Waals surface area contributed by atoms with Gasteiger partial charge in [0.2, 0.25) is 0 Å². The highest BCUT2D eigenvalue weighted by atomic mass is 16.5. The van der Waals surface area contributed by atoms with Crippen LogP contribution in [0.4, 0.5) is 0 Å². The van der Waals surface area contributed by atoms with Crippen molar-refractivity contribution in [2.24, 2.45) is 16.8 Å². The third-order valence-electron chi connectivity index (χ3n) is 3.05. The lowest BCUT2D eigenvalue weighted by atomic mass is 10.1. The van der Waals surface area contributed by atoms with E-state index < -0.39 is 0 Å². The molecule has 0 aliphatic carbocycles. The van der Waals surface area contributed by atoms with Crippen molar-refractivity contribution >= 4 is 5.71 Å². The van der Waals surface area contributed by atoms with Gasteiger partial charge in [-0.2, -0.15) is 0 Å². The predicted octanol–water partition coefficient (Wildman–Crippen LogP) is 1.39. The molecular weight excluding hydrogens is 216 g/mol. The van der Waals surface area contributed by atoms with E-state index in [-0.39, 0.29) is 6.23 Å². The van der Waals surface area contributed by atoms with Crippen molar-refractivity contribution in [1.29, 1.82) is 0 Å². The Kier molecular flexibility index (Phi) is 6.09. The van der Waals surface area contributed by atoms with Crippen LogP contribution in [0.3, 0.4) is 0 Å². The van der Waals surface area contributed by atoms with Crippen LogP contribution in [0.15, 0.2) is 4.99 Å². The number of aliphatic imine (C=N–C) groups is 1. The first kappa shape index (κ1) is 14.6. The number of hydrogen-bond acceptors (Lipinski definition) is 4. The van der Waals surface area contributed by atoms with Crippen molar-refractivity contribution in [2.45, 2.75) is 33.4 Å². The average Bonchev–Trinajstić information content (AvgIpc) is 2.63. The van der Waals surface area contributed by atoms with Crippen molar-refractivity contribution in [1.82, 2.24) is 4.90 Å². The zero-order chi connectivity index (χ0) is 12.8. The molecule has 0 radical (unpaired) electrons. The van der Waals surface area contributed by atoms with Gasteiger partial charge >= 0.3 is 0 Å².